The standard InChI is InChI=1S/C20H16N4O6/c1-3-30-20(25)17-12(2)21-19(14-9-5-7-11-16(14)24(28)29)22-18(17)13-8-4-6-10-15(13)23(26)27/h4-11H,3H2,1-2H3. The summed E-state index contributed by atoms with van der Waals surface area (Å²) in [6.45, 7) is 3.23. The lowest BCUT2D eigenvalue weighted by molar-refractivity contribution is -0.384. The predicted molar refractivity (Wildman–Crippen MR) is 107 cm³/mol. The summed E-state index contributed by atoms with van der Waals surface area (Å²) in [7, 11) is 0. The highest BCUT2D eigenvalue weighted by molar-refractivity contribution is 5.98. The van der Waals surface area contributed by atoms with Crippen LogP contribution in [0.5, 0.6) is 0 Å². The molecule has 10 heteroatoms. The normalized spacial score (nSPS) is 10.5. The molecule has 3 aromatic rings. The molecule has 2 aromatic carbocycles. The molecule has 30 heavy (non-hydrogen) atoms. The Morgan fingerprint density at radius 2 is 1.47 bits per heavy atom. The second kappa shape index (κ2) is 8.43. The van der Waals surface area contributed by atoms with E-state index in [1.165, 1.54) is 43.3 Å². The number of aryl methyl sites for hydroxylation is 1. The summed E-state index contributed by atoms with van der Waals surface area (Å²) in [5, 5.41) is 23.0. The van der Waals surface area contributed by atoms with E-state index in [0.29, 0.717) is 0 Å². The van der Waals surface area contributed by atoms with E-state index in [-0.39, 0.29) is 51.9 Å². The molecule has 0 saturated carbocycles. The Balaban J connectivity index is 2.36. The maximum Gasteiger partial charge on any atom is 0.342 e. The molecular formula is C20H16N4O6. The monoisotopic (exact) mass is 408 g/mol. The summed E-state index contributed by atoms with van der Waals surface area (Å²) in [5.41, 5.74) is -0.166. The summed E-state index contributed by atoms with van der Waals surface area (Å²) in [6, 6.07) is 11.7. The van der Waals surface area contributed by atoms with Gasteiger partial charge in [-0.25, -0.2) is 14.8 Å². The third-order valence-corrected chi connectivity index (χ3v) is 4.27. The SMILES string of the molecule is CCOC(=O)c1c(C)nc(-c2ccccc2[N+](=O)[O-])nc1-c1ccccc1[N+](=O)[O-]. The Morgan fingerprint density at radius 1 is 0.933 bits per heavy atom. The van der Waals surface area contributed by atoms with Gasteiger partial charge in [-0.1, -0.05) is 24.3 Å². The van der Waals surface area contributed by atoms with Crippen LogP contribution in [0.2, 0.25) is 0 Å². The zero-order chi connectivity index (χ0) is 21.8. The number of esters is 1. The molecule has 0 N–H and O–H groups in total. The third kappa shape index (κ3) is 3.83. The van der Waals surface area contributed by atoms with Gasteiger partial charge in [0.1, 0.15) is 5.56 Å². The molecule has 0 aliphatic carbocycles. The van der Waals surface area contributed by atoms with E-state index in [2.05, 4.69) is 9.97 Å². The molecule has 0 saturated heterocycles. The van der Waals surface area contributed by atoms with Crippen molar-refractivity contribution in [2.24, 2.45) is 0 Å². The number of aromatic nitrogens is 2. The van der Waals surface area contributed by atoms with Crippen molar-refractivity contribution in [1.82, 2.24) is 9.97 Å². The second-order valence-electron chi connectivity index (χ2n) is 6.13. The van der Waals surface area contributed by atoms with Crippen LogP contribution in [0.1, 0.15) is 23.0 Å². The molecule has 0 atom stereocenters. The summed E-state index contributed by atoms with van der Waals surface area (Å²) in [4.78, 5) is 43.0. The average Bonchev–Trinajstić information content (AvgIpc) is 2.73. The number of hydrogen-bond donors (Lipinski definition) is 0. The largest absolute Gasteiger partial charge is 0.462 e. The minimum Gasteiger partial charge on any atom is -0.462 e. The fourth-order valence-corrected chi connectivity index (χ4v) is 2.99. The van der Waals surface area contributed by atoms with Gasteiger partial charge in [-0.2, -0.15) is 0 Å². The molecular weight excluding hydrogens is 392 g/mol. The van der Waals surface area contributed by atoms with Gasteiger partial charge < -0.3 is 4.74 Å². The number of benzene rings is 2. The summed E-state index contributed by atoms with van der Waals surface area (Å²) in [5.74, 6) is -0.765. The van der Waals surface area contributed by atoms with E-state index < -0.39 is 15.8 Å². The van der Waals surface area contributed by atoms with Crippen molar-refractivity contribution >= 4 is 17.3 Å². The summed E-state index contributed by atoms with van der Waals surface area (Å²) < 4.78 is 5.08. The van der Waals surface area contributed by atoms with Gasteiger partial charge in [-0.15, -0.1) is 0 Å². The van der Waals surface area contributed by atoms with Crippen LogP contribution in [0.3, 0.4) is 0 Å². The van der Waals surface area contributed by atoms with Gasteiger partial charge in [0.25, 0.3) is 11.4 Å². The number of para-hydroxylation sites is 2. The number of nitro groups is 2. The first-order chi connectivity index (χ1) is 14.3. The maximum atomic E-state index is 12.6. The number of carbonyl (C=O) groups is 1. The molecule has 0 fully saturated rings. The van der Waals surface area contributed by atoms with Crippen molar-refractivity contribution in [1.29, 1.82) is 0 Å². The molecule has 0 spiro atoms. The zero-order valence-corrected chi connectivity index (χ0v) is 16.1. The van der Waals surface area contributed by atoms with Crippen molar-refractivity contribution < 1.29 is 19.4 Å². The van der Waals surface area contributed by atoms with Crippen molar-refractivity contribution in [2.75, 3.05) is 6.61 Å². The minimum atomic E-state index is -0.739. The molecule has 1 aromatic heterocycles. The topological polar surface area (TPSA) is 138 Å². The van der Waals surface area contributed by atoms with E-state index in [9.17, 15) is 25.0 Å². The maximum absolute atomic E-state index is 12.6. The van der Waals surface area contributed by atoms with Crippen LogP contribution in [0, 0.1) is 27.2 Å². The van der Waals surface area contributed by atoms with Gasteiger partial charge >= 0.3 is 5.97 Å². The summed E-state index contributed by atoms with van der Waals surface area (Å²) in [6.07, 6.45) is 0. The van der Waals surface area contributed by atoms with Crippen LogP contribution in [0.4, 0.5) is 11.4 Å². The number of ether oxygens (including phenoxy) is 1. The van der Waals surface area contributed by atoms with E-state index in [0.717, 1.165) is 0 Å². The Bertz CT molecular complexity index is 1160. The van der Waals surface area contributed by atoms with Gasteiger partial charge in [0.15, 0.2) is 5.82 Å². The molecule has 0 amide bonds. The molecule has 0 unspecified atom stereocenters. The Kier molecular flexibility index (Phi) is 5.77. The first kappa shape index (κ1) is 20.5. The smallest absolute Gasteiger partial charge is 0.342 e. The second-order valence-corrected chi connectivity index (χ2v) is 6.13. The van der Waals surface area contributed by atoms with E-state index in [1.807, 2.05) is 0 Å². The van der Waals surface area contributed by atoms with Gasteiger partial charge in [0, 0.05) is 12.1 Å². The van der Waals surface area contributed by atoms with Crippen molar-refractivity contribution in [3.05, 3.63) is 80.0 Å². The van der Waals surface area contributed by atoms with E-state index in [4.69, 9.17) is 4.74 Å². The van der Waals surface area contributed by atoms with Crippen LogP contribution in [-0.4, -0.2) is 32.4 Å². The van der Waals surface area contributed by atoms with Crippen molar-refractivity contribution in [3.63, 3.8) is 0 Å². The highest BCUT2D eigenvalue weighted by atomic mass is 16.6. The number of hydrogen-bond acceptors (Lipinski definition) is 8. The Morgan fingerprint density at radius 3 is 2.03 bits per heavy atom. The number of carbonyl (C=O) groups excluding carboxylic acids is 1. The highest BCUT2D eigenvalue weighted by Gasteiger charge is 2.27. The molecule has 0 bridgehead atoms. The third-order valence-electron chi connectivity index (χ3n) is 4.27. The first-order valence-electron chi connectivity index (χ1n) is 8.88. The van der Waals surface area contributed by atoms with Crippen LogP contribution >= 0.6 is 0 Å². The van der Waals surface area contributed by atoms with Crippen molar-refractivity contribution in [3.8, 4) is 22.6 Å². The Labute approximate surface area is 170 Å². The van der Waals surface area contributed by atoms with Crippen molar-refractivity contribution in [2.45, 2.75) is 13.8 Å². The lowest BCUT2D eigenvalue weighted by atomic mass is 10.0. The summed E-state index contributed by atoms with van der Waals surface area (Å²) >= 11 is 0. The average molecular weight is 408 g/mol. The predicted octanol–water partition coefficient (Wildman–Crippen LogP) is 4.11. The number of nitrogens with zero attached hydrogens (tertiary/aromatic N) is 4. The van der Waals surface area contributed by atoms with Crippen LogP contribution < -0.4 is 0 Å². The first-order valence-corrected chi connectivity index (χ1v) is 8.88. The van der Waals surface area contributed by atoms with E-state index in [1.54, 1.807) is 19.1 Å². The molecule has 0 aliphatic rings. The lowest BCUT2D eigenvalue weighted by Gasteiger charge is -2.13. The quantitative estimate of drug-likeness (QED) is 0.337. The molecule has 0 aliphatic heterocycles. The van der Waals surface area contributed by atoms with Crippen LogP contribution in [0.25, 0.3) is 22.6 Å². The van der Waals surface area contributed by atoms with Gasteiger partial charge in [-0.3, -0.25) is 20.2 Å². The van der Waals surface area contributed by atoms with Gasteiger partial charge in [0.2, 0.25) is 0 Å². The zero-order valence-electron chi connectivity index (χ0n) is 16.1. The van der Waals surface area contributed by atoms with Crippen LogP contribution in [0.15, 0.2) is 48.5 Å². The molecule has 152 valence electrons. The highest BCUT2D eigenvalue weighted by Crippen LogP contribution is 2.35. The van der Waals surface area contributed by atoms with E-state index >= 15 is 0 Å². The van der Waals surface area contributed by atoms with Gasteiger partial charge in [-0.05, 0) is 26.0 Å². The minimum absolute atomic E-state index is 0.0265. The van der Waals surface area contributed by atoms with Crippen LogP contribution in [-0.2, 0) is 4.74 Å². The number of nitro benzene ring substituents is 2. The fraction of sp³-hybridized carbons (Fsp3) is 0.150. The molecule has 10 nitrogen and oxygen atoms in total. The Hall–Kier alpha value is -4.21. The molecule has 0 radical (unpaired) electrons. The fourth-order valence-electron chi connectivity index (χ4n) is 2.99. The number of rotatable bonds is 6. The molecule has 3 rings (SSSR count). The lowest BCUT2D eigenvalue weighted by Crippen LogP contribution is -2.13. The van der Waals surface area contributed by atoms with Gasteiger partial charge in [0.05, 0.1) is 39.0 Å². The molecule has 1 heterocycles.